The van der Waals surface area contributed by atoms with Crippen molar-refractivity contribution in [3.63, 3.8) is 0 Å². The number of hydrogen-bond donors (Lipinski definition) is 0. The molecule has 0 saturated heterocycles. The molecule has 0 amide bonds. The summed E-state index contributed by atoms with van der Waals surface area (Å²) in [7, 11) is 1.49. The number of benzene rings is 2. The third-order valence-corrected chi connectivity index (χ3v) is 4.81. The Morgan fingerprint density at radius 1 is 1.11 bits per heavy atom. The number of para-hydroxylation sites is 1. The topological polar surface area (TPSA) is 61.8 Å². The Labute approximate surface area is 159 Å². The van der Waals surface area contributed by atoms with Crippen LogP contribution in [0.2, 0.25) is 0 Å². The molecule has 27 heavy (non-hydrogen) atoms. The molecule has 4 rings (SSSR count). The van der Waals surface area contributed by atoms with E-state index in [1.807, 2.05) is 17.5 Å². The fourth-order valence-electron chi connectivity index (χ4n) is 2.71. The minimum atomic E-state index is -0.550. The number of hydrogen-bond acceptors (Lipinski definition) is 6. The van der Waals surface area contributed by atoms with Gasteiger partial charge in [-0.05, 0) is 35.7 Å². The molecule has 134 valence electrons. The van der Waals surface area contributed by atoms with E-state index in [9.17, 15) is 9.59 Å². The fourth-order valence-corrected chi connectivity index (χ4v) is 3.36. The lowest BCUT2D eigenvalue weighted by molar-refractivity contribution is 0.0731. The van der Waals surface area contributed by atoms with Gasteiger partial charge in [-0.15, -0.1) is 11.3 Å². The third-order valence-electron chi connectivity index (χ3n) is 4.00. The predicted molar refractivity (Wildman–Crippen MR) is 102 cm³/mol. The lowest BCUT2D eigenvalue weighted by Gasteiger charge is -2.08. The molecule has 1 aromatic heterocycles. The van der Waals surface area contributed by atoms with E-state index in [0.717, 1.165) is 4.88 Å². The van der Waals surface area contributed by atoms with Crippen molar-refractivity contribution in [3.8, 4) is 17.2 Å². The lowest BCUT2D eigenvalue weighted by Crippen LogP contribution is -2.10. The molecule has 0 spiro atoms. The Bertz CT molecular complexity index is 1050. The van der Waals surface area contributed by atoms with Crippen LogP contribution in [0.4, 0.5) is 0 Å². The van der Waals surface area contributed by atoms with Gasteiger partial charge in [-0.3, -0.25) is 4.79 Å². The second-order valence-corrected chi connectivity index (χ2v) is 6.68. The molecule has 0 radical (unpaired) electrons. The summed E-state index contributed by atoms with van der Waals surface area (Å²) in [4.78, 5) is 25.8. The average molecular weight is 378 g/mol. The highest BCUT2D eigenvalue weighted by atomic mass is 32.1. The Morgan fingerprint density at radius 2 is 1.96 bits per heavy atom. The zero-order chi connectivity index (χ0) is 18.8. The fraction of sp³-hybridized carbons (Fsp3) is 0.0476. The zero-order valence-corrected chi connectivity index (χ0v) is 15.1. The number of fused-ring (bicyclic) bond motifs is 1. The van der Waals surface area contributed by atoms with E-state index in [2.05, 4.69) is 0 Å². The maximum absolute atomic E-state index is 12.4. The first-order valence-corrected chi connectivity index (χ1v) is 9.00. The summed E-state index contributed by atoms with van der Waals surface area (Å²) in [5.74, 6) is 0.590. The van der Waals surface area contributed by atoms with Crippen LogP contribution >= 0.6 is 11.3 Å². The van der Waals surface area contributed by atoms with Gasteiger partial charge in [0.1, 0.15) is 22.8 Å². The standard InChI is InChI=1S/C21H14O5S/c1-24-17-7-3-2-6-16(17)21(23)25-13-8-9-15-18(11-13)26-19(20(15)22)12-14-5-4-10-27-14/h2-12H,1H3. The van der Waals surface area contributed by atoms with E-state index < -0.39 is 5.97 Å². The van der Waals surface area contributed by atoms with E-state index >= 15 is 0 Å². The van der Waals surface area contributed by atoms with Crippen LogP contribution in [0.15, 0.2) is 65.7 Å². The largest absolute Gasteiger partial charge is 0.496 e. The third kappa shape index (κ3) is 3.35. The minimum absolute atomic E-state index is 0.194. The van der Waals surface area contributed by atoms with E-state index in [0.29, 0.717) is 22.6 Å². The van der Waals surface area contributed by atoms with Crippen molar-refractivity contribution in [3.05, 3.63) is 81.7 Å². The molecular formula is C21H14O5S. The molecule has 0 N–H and O–H groups in total. The molecule has 2 aromatic carbocycles. The number of allylic oxidation sites excluding steroid dienone is 1. The normalized spacial score (nSPS) is 14.0. The van der Waals surface area contributed by atoms with Crippen LogP contribution in [0, 0.1) is 0 Å². The van der Waals surface area contributed by atoms with Gasteiger partial charge in [0.15, 0.2) is 5.76 Å². The number of ether oxygens (including phenoxy) is 3. The number of carbonyl (C=O) groups excluding carboxylic acids is 2. The number of rotatable bonds is 4. The quantitative estimate of drug-likeness (QED) is 0.377. The first kappa shape index (κ1) is 17.1. The summed E-state index contributed by atoms with van der Waals surface area (Å²) in [6.45, 7) is 0. The highest BCUT2D eigenvalue weighted by Crippen LogP contribution is 2.35. The summed E-state index contributed by atoms with van der Waals surface area (Å²) in [6, 6.07) is 15.3. The van der Waals surface area contributed by atoms with E-state index in [1.165, 1.54) is 24.5 Å². The first-order chi connectivity index (χ1) is 13.2. The molecule has 0 aliphatic carbocycles. The number of ketones is 1. The monoisotopic (exact) mass is 378 g/mol. The van der Waals surface area contributed by atoms with Crippen LogP contribution in [0.25, 0.3) is 6.08 Å². The van der Waals surface area contributed by atoms with E-state index in [-0.39, 0.29) is 17.3 Å². The molecule has 0 unspecified atom stereocenters. The SMILES string of the molecule is COc1ccccc1C(=O)Oc1ccc2c(c1)OC(=Cc1cccs1)C2=O. The van der Waals surface area contributed by atoms with Gasteiger partial charge in [0, 0.05) is 17.0 Å². The molecular weight excluding hydrogens is 364 g/mol. The lowest BCUT2D eigenvalue weighted by atomic mass is 10.1. The van der Waals surface area contributed by atoms with Crippen molar-refractivity contribution in [1.29, 1.82) is 0 Å². The second-order valence-electron chi connectivity index (χ2n) is 5.70. The molecule has 0 bridgehead atoms. The van der Waals surface area contributed by atoms with Gasteiger partial charge in [0.05, 0.1) is 12.7 Å². The van der Waals surface area contributed by atoms with Crippen LogP contribution in [0.1, 0.15) is 25.6 Å². The Balaban J connectivity index is 1.57. The van der Waals surface area contributed by atoms with Crippen molar-refractivity contribution in [1.82, 2.24) is 0 Å². The maximum atomic E-state index is 12.4. The molecule has 0 saturated carbocycles. The molecule has 0 atom stereocenters. The first-order valence-electron chi connectivity index (χ1n) is 8.13. The Kier molecular flexibility index (Phi) is 4.48. The average Bonchev–Trinajstić information content (AvgIpc) is 3.30. The van der Waals surface area contributed by atoms with Gasteiger partial charge in [-0.2, -0.15) is 0 Å². The number of thiophene rings is 1. The molecule has 1 aliphatic rings. The highest BCUT2D eigenvalue weighted by molar-refractivity contribution is 7.10. The molecule has 2 heterocycles. The van der Waals surface area contributed by atoms with Crippen molar-refractivity contribution in [2.45, 2.75) is 0 Å². The number of esters is 1. The van der Waals surface area contributed by atoms with Gasteiger partial charge >= 0.3 is 5.97 Å². The van der Waals surface area contributed by atoms with Crippen molar-refractivity contribution >= 4 is 29.2 Å². The molecule has 5 nitrogen and oxygen atoms in total. The van der Waals surface area contributed by atoms with Crippen LogP contribution in [0.5, 0.6) is 17.2 Å². The van der Waals surface area contributed by atoms with Crippen LogP contribution in [0.3, 0.4) is 0 Å². The van der Waals surface area contributed by atoms with Crippen molar-refractivity contribution < 1.29 is 23.8 Å². The molecule has 0 fully saturated rings. The Hall–Kier alpha value is -3.38. The zero-order valence-electron chi connectivity index (χ0n) is 14.3. The van der Waals surface area contributed by atoms with Crippen LogP contribution in [-0.2, 0) is 0 Å². The van der Waals surface area contributed by atoms with Gasteiger partial charge in [0.2, 0.25) is 5.78 Å². The van der Waals surface area contributed by atoms with Gasteiger partial charge < -0.3 is 14.2 Å². The summed E-state index contributed by atoms with van der Waals surface area (Å²) >= 11 is 1.51. The van der Waals surface area contributed by atoms with Crippen LogP contribution < -0.4 is 14.2 Å². The van der Waals surface area contributed by atoms with Gasteiger partial charge in [0.25, 0.3) is 0 Å². The summed E-state index contributed by atoms with van der Waals surface area (Å²) in [5, 5.41) is 1.92. The van der Waals surface area contributed by atoms with E-state index in [4.69, 9.17) is 14.2 Å². The van der Waals surface area contributed by atoms with Gasteiger partial charge in [-0.25, -0.2) is 4.79 Å². The summed E-state index contributed by atoms with van der Waals surface area (Å²) in [6.07, 6.45) is 1.70. The number of carbonyl (C=O) groups is 2. The van der Waals surface area contributed by atoms with Gasteiger partial charge in [-0.1, -0.05) is 18.2 Å². The van der Waals surface area contributed by atoms with Crippen molar-refractivity contribution in [2.75, 3.05) is 7.11 Å². The molecule has 6 heteroatoms. The van der Waals surface area contributed by atoms with E-state index in [1.54, 1.807) is 42.5 Å². The Morgan fingerprint density at radius 3 is 2.74 bits per heavy atom. The predicted octanol–water partition coefficient (Wildman–Crippen LogP) is 4.59. The smallest absolute Gasteiger partial charge is 0.347 e. The second kappa shape index (κ2) is 7.09. The minimum Gasteiger partial charge on any atom is -0.496 e. The highest BCUT2D eigenvalue weighted by Gasteiger charge is 2.28. The number of methoxy groups -OCH3 is 1. The van der Waals surface area contributed by atoms with Crippen LogP contribution in [-0.4, -0.2) is 18.9 Å². The number of Topliss-reactive ketones (excluding diaryl/α,β-unsaturated/α-hetero) is 1. The molecule has 1 aliphatic heterocycles. The molecule has 3 aromatic rings. The summed E-state index contributed by atoms with van der Waals surface area (Å²) in [5.41, 5.74) is 0.755. The maximum Gasteiger partial charge on any atom is 0.347 e. The summed E-state index contributed by atoms with van der Waals surface area (Å²) < 4.78 is 16.3. The van der Waals surface area contributed by atoms with Crippen molar-refractivity contribution in [2.24, 2.45) is 0 Å².